The Balaban J connectivity index is 2.33. The second-order valence-corrected chi connectivity index (χ2v) is 19.9. The van der Waals surface area contributed by atoms with Crippen LogP contribution in [0.5, 0.6) is 0 Å². The summed E-state index contributed by atoms with van der Waals surface area (Å²) in [6.07, 6.45) is 37.5. The number of aliphatic hydroxyl groups is 5. The summed E-state index contributed by atoms with van der Waals surface area (Å²) < 4.78 is 11.8. The molecule has 0 aromatic heterocycles. The van der Waals surface area contributed by atoms with E-state index in [2.05, 4.69) is 19.2 Å². The summed E-state index contributed by atoms with van der Waals surface area (Å²) in [5.41, 5.74) is 0. The maximum absolute atomic E-state index is 13.1. The third-order valence-electron chi connectivity index (χ3n) is 13.3. The molecular formula is C53H105NO8. The van der Waals surface area contributed by atoms with Gasteiger partial charge in [0.25, 0.3) is 0 Å². The number of hydrogen-bond donors (Lipinski definition) is 6. The van der Waals surface area contributed by atoms with Gasteiger partial charge in [-0.1, -0.05) is 246 Å². The molecule has 1 heterocycles. The van der Waals surface area contributed by atoms with Crippen LogP contribution < -0.4 is 5.32 Å². The fourth-order valence-corrected chi connectivity index (χ4v) is 9.12. The number of amides is 1. The molecule has 0 spiro atoms. The molecule has 1 fully saturated rings. The van der Waals surface area contributed by atoms with Crippen LogP contribution in [-0.2, 0) is 14.3 Å². The van der Waals surface area contributed by atoms with Gasteiger partial charge in [-0.05, 0) is 25.2 Å². The van der Waals surface area contributed by atoms with Gasteiger partial charge in [0.15, 0.2) is 6.29 Å². The summed E-state index contributed by atoms with van der Waals surface area (Å²) in [5, 5.41) is 56.9. The normalized spacial score (nSPS) is 20.8. The zero-order valence-electron chi connectivity index (χ0n) is 41.2. The van der Waals surface area contributed by atoms with Crippen molar-refractivity contribution in [3.63, 3.8) is 0 Å². The lowest BCUT2D eigenvalue weighted by atomic mass is 9.93. The van der Waals surface area contributed by atoms with Crippen molar-refractivity contribution in [3.05, 3.63) is 0 Å². The van der Waals surface area contributed by atoms with Gasteiger partial charge < -0.3 is 40.3 Å². The Hall–Kier alpha value is -0.810. The van der Waals surface area contributed by atoms with E-state index in [-0.39, 0.29) is 18.4 Å². The van der Waals surface area contributed by atoms with Crippen molar-refractivity contribution < 1.29 is 39.8 Å². The fraction of sp³-hybridized carbons (Fsp3) is 0.981. The van der Waals surface area contributed by atoms with Crippen LogP contribution in [0.25, 0.3) is 0 Å². The molecule has 370 valence electrons. The average molecular weight is 884 g/mol. The van der Waals surface area contributed by atoms with Crippen LogP contribution in [0, 0.1) is 5.92 Å². The lowest BCUT2D eigenvalue weighted by Gasteiger charge is -2.41. The second-order valence-electron chi connectivity index (χ2n) is 19.9. The first-order valence-corrected chi connectivity index (χ1v) is 27.1. The van der Waals surface area contributed by atoms with Crippen LogP contribution in [0.3, 0.4) is 0 Å². The van der Waals surface area contributed by atoms with E-state index in [0.29, 0.717) is 19.3 Å². The van der Waals surface area contributed by atoms with Crippen molar-refractivity contribution in [1.29, 1.82) is 0 Å². The van der Waals surface area contributed by atoms with Crippen molar-refractivity contribution in [3.8, 4) is 0 Å². The van der Waals surface area contributed by atoms with Gasteiger partial charge in [0, 0.05) is 6.42 Å². The number of nitrogens with one attached hydrogen (secondary N) is 1. The van der Waals surface area contributed by atoms with Crippen molar-refractivity contribution >= 4 is 5.91 Å². The van der Waals surface area contributed by atoms with Crippen molar-refractivity contribution in [2.24, 2.45) is 5.92 Å². The van der Waals surface area contributed by atoms with Gasteiger partial charge in [0.05, 0.1) is 24.9 Å². The number of unbranched alkanes of at least 4 members (excludes halogenated alkanes) is 33. The molecule has 1 aliphatic rings. The van der Waals surface area contributed by atoms with Gasteiger partial charge in [-0.25, -0.2) is 0 Å². The number of ether oxygens (including phenoxy) is 2. The lowest BCUT2D eigenvalue weighted by Crippen LogP contribution is -2.59. The Kier molecular flexibility index (Phi) is 39.7. The van der Waals surface area contributed by atoms with E-state index in [0.717, 1.165) is 38.5 Å². The first-order chi connectivity index (χ1) is 30.1. The van der Waals surface area contributed by atoms with E-state index in [1.54, 1.807) is 0 Å². The predicted octanol–water partition coefficient (Wildman–Crippen LogP) is 12.5. The summed E-state index contributed by atoms with van der Waals surface area (Å²) in [6, 6.07) is -0.928. The molecule has 1 aliphatic heterocycles. The van der Waals surface area contributed by atoms with Crippen LogP contribution >= 0.6 is 0 Å². The van der Waals surface area contributed by atoms with Gasteiger partial charge in [0.2, 0.25) is 5.91 Å². The molecule has 0 aromatic carbocycles. The Morgan fingerprint density at radius 3 is 1.24 bits per heavy atom. The molecule has 0 saturated carbocycles. The molecule has 9 heteroatoms. The molecule has 0 aliphatic carbocycles. The van der Waals surface area contributed by atoms with Crippen molar-refractivity contribution in [2.75, 3.05) is 6.61 Å². The van der Waals surface area contributed by atoms with Crippen molar-refractivity contribution in [1.82, 2.24) is 5.32 Å². The number of carbonyl (C=O) groups is 1. The summed E-state index contributed by atoms with van der Waals surface area (Å²) in [6.45, 7) is 8.27. The van der Waals surface area contributed by atoms with Crippen molar-refractivity contribution in [2.45, 2.75) is 321 Å². The molecule has 8 atom stereocenters. The van der Waals surface area contributed by atoms with Crippen LogP contribution in [0.2, 0.25) is 0 Å². The van der Waals surface area contributed by atoms with E-state index < -0.39 is 49.0 Å². The number of aliphatic hydroxyl groups excluding tert-OH is 5. The SMILES string of the molecule is CCCCCCCCCCCCCCCCCCCCCCCCCC(=O)N[C@@H](CO[C@H]1OC(CC(C)C)[C@H](O)[C@H](O)C1O)C(O)[C@H](O)CCCCCCCCCCCCCC. The highest BCUT2D eigenvalue weighted by molar-refractivity contribution is 5.76. The molecule has 62 heavy (non-hydrogen) atoms. The van der Waals surface area contributed by atoms with E-state index in [1.165, 1.54) is 186 Å². The van der Waals surface area contributed by atoms with Gasteiger partial charge in [-0.15, -0.1) is 0 Å². The minimum absolute atomic E-state index is 0.176. The number of rotatable bonds is 45. The standard InChI is InChI=1S/C53H105NO8/c1-5-7-9-11-13-15-17-19-20-21-22-23-24-25-26-27-28-29-31-33-35-37-39-41-48(56)54-45(43-61-53-52(60)51(59)50(58)47(62-53)42-44(3)4)49(57)46(55)40-38-36-34-32-30-18-16-14-12-10-8-6-2/h44-47,49-53,55,57-60H,5-43H2,1-4H3,(H,54,56)/t45-,46+,47?,49?,50-,51-,52?,53-/m0/s1. The molecule has 0 bridgehead atoms. The number of carbonyl (C=O) groups excluding carboxylic acids is 1. The van der Waals surface area contributed by atoms with Crippen LogP contribution in [0.1, 0.15) is 272 Å². The number of hydrogen-bond acceptors (Lipinski definition) is 8. The molecule has 0 aromatic rings. The molecule has 1 amide bonds. The average Bonchev–Trinajstić information content (AvgIpc) is 3.25. The Morgan fingerprint density at radius 1 is 0.516 bits per heavy atom. The zero-order valence-corrected chi connectivity index (χ0v) is 41.2. The van der Waals surface area contributed by atoms with Gasteiger partial charge in [0.1, 0.15) is 24.4 Å². The summed E-state index contributed by atoms with van der Waals surface area (Å²) in [7, 11) is 0. The molecule has 1 rings (SSSR count). The lowest BCUT2D eigenvalue weighted by molar-refractivity contribution is -0.301. The molecule has 9 nitrogen and oxygen atoms in total. The van der Waals surface area contributed by atoms with E-state index in [9.17, 15) is 30.3 Å². The van der Waals surface area contributed by atoms with Crippen LogP contribution in [0.4, 0.5) is 0 Å². The van der Waals surface area contributed by atoms with E-state index in [4.69, 9.17) is 9.47 Å². The van der Waals surface area contributed by atoms with Crippen LogP contribution in [0.15, 0.2) is 0 Å². The maximum Gasteiger partial charge on any atom is 0.220 e. The van der Waals surface area contributed by atoms with Gasteiger partial charge >= 0.3 is 0 Å². The Labute approximate surface area is 383 Å². The zero-order chi connectivity index (χ0) is 45.5. The monoisotopic (exact) mass is 884 g/mol. The minimum atomic E-state index is -1.50. The van der Waals surface area contributed by atoms with E-state index >= 15 is 0 Å². The summed E-state index contributed by atoms with van der Waals surface area (Å²) >= 11 is 0. The quantitative estimate of drug-likeness (QED) is 0.0331. The van der Waals surface area contributed by atoms with Gasteiger partial charge in [-0.3, -0.25) is 4.79 Å². The fourth-order valence-electron chi connectivity index (χ4n) is 9.12. The highest BCUT2D eigenvalue weighted by atomic mass is 16.7. The molecule has 6 N–H and O–H groups in total. The largest absolute Gasteiger partial charge is 0.390 e. The van der Waals surface area contributed by atoms with Crippen LogP contribution in [-0.4, -0.2) is 87.0 Å². The highest BCUT2D eigenvalue weighted by Crippen LogP contribution is 2.27. The Bertz CT molecular complexity index is 970. The first kappa shape index (κ1) is 59.2. The molecular weight excluding hydrogens is 779 g/mol. The molecule has 0 radical (unpaired) electrons. The highest BCUT2D eigenvalue weighted by Gasteiger charge is 2.45. The topological polar surface area (TPSA) is 149 Å². The third-order valence-corrected chi connectivity index (χ3v) is 13.3. The first-order valence-electron chi connectivity index (χ1n) is 27.1. The maximum atomic E-state index is 13.1. The third kappa shape index (κ3) is 32.0. The molecule has 1 saturated heterocycles. The summed E-state index contributed by atoms with van der Waals surface area (Å²) in [4.78, 5) is 13.1. The second kappa shape index (κ2) is 41.6. The smallest absolute Gasteiger partial charge is 0.220 e. The Morgan fingerprint density at radius 2 is 0.871 bits per heavy atom. The minimum Gasteiger partial charge on any atom is -0.390 e. The molecule has 3 unspecified atom stereocenters. The summed E-state index contributed by atoms with van der Waals surface area (Å²) in [5.74, 6) is -0.0347. The van der Waals surface area contributed by atoms with Gasteiger partial charge in [-0.2, -0.15) is 0 Å². The predicted molar refractivity (Wildman–Crippen MR) is 258 cm³/mol. The van der Waals surface area contributed by atoms with E-state index in [1.807, 2.05) is 13.8 Å².